The molecule has 1 saturated carbocycles. The molecule has 1 aliphatic carbocycles. The summed E-state index contributed by atoms with van der Waals surface area (Å²) in [4.78, 5) is 20.6. The van der Waals surface area contributed by atoms with Crippen molar-refractivity contribution in [2.24, 2.45) is 21.7 Å². The summed E-state index contributed by atoms with van der Waals surface area (Å²) >= 11 is 0. The highest BCUT2D eigenvalue weighted by Gasteiger charge is 2.20. The van der Waals surface area contributed by atoms with Gasteiger partial charge in [0.05, 0.1) is 11.4 Å². The fourth-order valence-electron chi connectivity index (χ4n) is 0.835. The first-order valence-electron chi connectivity index (χ1n) is 3.84. The van der Waals surface area contributed by atoms with Gasteiger partial charge in [-0.3, -0.25) is 0 Å². The van der Waals surface area contributed by atoms with Crippen LogP contribution >= 0.6 is 0 Å². The number of carbonyl (C=O) groups is 2. The summed E-state index contributed by atoms with van der Waals surface area (Å²) in [7, 11) is 0. The molecule has 1 rings (SSSR count). The first kappa shape index (κ1) is 9.96. The van der Waals surface area contributed by atoms with Gasteiger partial charge in [-0.25, -0.2) is 20.4 Å². The van der Waals surface area contributed by atoms with Crippen LogP contribution in [-0.4, -0.2) is 23.5 Å². The highest BCUT2D eigenvalue weighted by Crippen LogP contribution is 2.11. The van der Waals surface area contributed by atoms with Gasteiger partial charge in [0.1, 0.15) is 0 Å². The van der Waals surface area contributed by atoms with Crippen LogP contribution < -0.4 is 22.3 Å². The van der Waals surface area contributed by atoms with Crippen LogP contribution in [0.2, 0.25) is 0 Å². The van der Waals surface area contributed by atoms with E-state index in [1.54, 1.807) is 0 Å². The van der Waals surface area contributed by atoms with Crippen molar-refractivity contribution < 1.29 is 9.59 Å². The predicted molar refractivity (Wildman–Crippen MR) is 49.5 cm³/mol. The van der Waals surface area contributed by atoms with E-state index in [0.717, 1.165) is 0 Å². The molecule has 0 radical (unpaired) electrons. The molecule has 8 heteroatoms. The third-order valence-corrected chi connectivity index (χ3v) is 1.53. The number of nitrogens with two attached hydrogens (primary N) is 2. The molecular weight excluding hydrogens is 188 g/mol. The lowest BCUT2D eigenvalue weighted by Crippen LogP contribution is -2.35. The van der Waals surface area contributed by atoms with Crippen molar-refractivity contribution in [3.8, 4) is 0 Å². The van der Waals surface area contributed by atoms with Crippen LogP contribution in [0, 0.1) is 0 Å². The number of carbonyl (C=O) groups excluding carboxylic acids is 2. The number of urea groups is 2. The molecule has 76 valence electrons. The molecule has 1 aliphatic rings. The molecule has 14 heavy (non-hydrogen) atoms. The molecule has 0 aromatic rings. The molecule has 0 heterocycles. The Morgan fingerprint density at radius 1 is 1.00 bits per heavy atom. The molecule has 0 atom stereocenters. The number of amides is 4. The maximum atomic E-state index is 10.3. The van der Waals surface area contributed by atoms with Crippen LogP contribution in [0.3, 0.4) is 0 Å². The molecule has 8 nitrogen and oxygen atoms in total. The summed E-state index contributed by atoms with van der Waals surface area (Å²) in [6, 6.07) is -1.49. The Hall–Kier alpha value is -2.12. The topological polar surface area (TPSA) is 135 Å². The fourth-order valence-corrected chi connectivity index (χ4v) is 0.835. The maximum Gasteiger partial charge on any atom is 0.332 e. The predicted octanol–water partition coefficient (Wildman–Crippen LogP) is -1.17. The zero-order valence-electron chi connectivity index (χ0n) is 7.28. The van der Waals surface area contributed by atoms with E-state index in [9.17, 15) is 9.59 Å². The maximum absolute atomic E-state index is 10.3. The van der Waals surface area contributed by atoms with Crippen LogP contribution in [0.1, 0.15) is 12.8 Å². The molecule has 0 spiro atoms. The molecule has 1 fully saturated rings. The Kier molecular flexibility index (Phi) is 3.00. The summed E-state index contributed by atoms with van der Waals surface area (Å²) in [6.45, 7) is 0. The van der Waals surface area contributed by atoms with E-state index in [1.807, 2.05) is 0 Å². The largest absolute Gasteiger partial charge is 0.350 e. The zero-order valence-corrected chi connectivity index (χ0v) is 7.28. The van der Waals surface area contributed by atoms with E-state index < -0.39 is 12.1 Å². The van der Waals surface area contributed by atoms with Crippen LogP contribution in [0.5, 0.6) is 0 Å². The summed E-state index contributed by atoms with van der Waals surface area (Å²) in [5, 5.41) is 7.32. The van der Waals surface area contributed by atoms with Crippen molar-refractivity contribution in [3.63, 3.8) is 0 Å². The Bertz CT molecular complexity index is 288. The van der Waals surface area contributed by atoms with E-state index in [-0.39, 0.29) is 0 Å². The van der Waals surface area contributed by atoms with Gasteiger partial charge in [-0.05, 0) is 12.8 Å². The minimum Gasteiger partial charge on any atom is -0.350 e. The highest BCUT2D eigenvalue weighted by molar-refractivity contribution is 6.48. The van der Waals surface area contributed by atoms with Crippen LogP contribution in [0.4, 0.5) is 9.59 Å². The SMILES string of the molecule is NC(=O)N/N=C1/CC/C1=N/NC(N)=O. The van der Waals surface area contributed by atoms with Gasteiger partial charge in [-0.1, -0.05) is 0 Å². The van der Waals surface area contributed by atoms with Crippen LogP contribution in [0.15, 0.2) is 10.2 Å². The van der Waals surface area contributed by atoms with Crippen molar-refractivity contribution in [1.29, 1.82) is 0 Å². The zero-order chi connectivity index (χ0) is 10.6. The lowest BCUT2D eigenvalue weighted by molar-refractivity contribution is 0.248. The fraction of sp³-hybridized carbons (Fsp3) is 0.333. The van der Waals surface area contributed by atoms with Gasteiger partial charge in [0, 0.05) is 0 Å². The summed E-state index contributed by atoms with van der Waals surface area (Å²) in [6.07, 6.45) is 1.36. The second kappa shape index (κ2) is 4.21. The van der Waals surface area contributed by atoms with Gasteiger partial charge in [0.15, 0.2) is 0 Å². The molecule has 0 saturated heterocycles. The standard InChI is InChI=1S/C6H10N6O2/c7-5(13)11-9-3-1-2-4(3)10-12-6(8)14/h1-2H2,(H3,7,11,13)(H3,8,12,14)/b9-3-,10-4-. The number of rotatable bonds is 2. The highest BCUT2D eigenvalue weighted by atomic mass is 16.2. The van der Waals surface area contributed by atoms with Crippen molar-refractivity contribution in [2.45, 2.75) is 12.8 Å². The van der Waals surface area contributed by atoms with Crippen LogP contribution in [0.25, 0.3) is 0 Å². The van der Waals surface area contributed by atoms with Gasteiger partial charge in [-0.2, -0.15) is 10.2 Å². The van der Waals surface area contributed by atoms with Crippen molar-refractivity contribution in [1.82, 2.24) is 10.9 Å². The lowest BCUT2D eigenvalue weighted by Gasteiger charge is -2.17. The number of primary amides is 2. The monoisotopic (exact) mass is 198 g/mol. The quantitative estimate of drug-likeness (QED) is 0.416. The average Bonchev–Trinajstić information content (AvgIpc) is 2.01. The van der Waals surface area contributed by atoms with E-state index in [2.05, 4.69) is 21.1 Å². The second-order valence-corrected chi connectivity index (χ2v) is 2.57. The Morgan fingerprint density at radius 3 is 1.57 bits per heavy atom. The third-order valence-electron chi connectivity index (χ3n) is 1.53. The Labute approximate surface area is 79.4 Å². The van der Waals surface area contributed by atoms with Crippen molar-refractivity contribution in [3.05, 3.63) is 0 Å². The van der Waals surface area contributed by atoms with Gasteiger partial charge >= 0.3 is 12.1 Å². The number of hydrogen-bond acceptors (Lipinski definition) is 4. The molecule has 0 bridgehead atoms. The molecule has 0 unspecified atom stereocenters. The number of nitrogens with one attached hydrogen (secondary N) is 2. The first-order chi connectivity index (χ1) is 6.59. The molecule has 0 aliphatic heterocycles. The lowest BCUT2D eigenvalue weighted by atomic mass is 9.94. The molecule has 4 amide bonds. The second-order valence-electron chi connectivity index (χ2n) is 2.57. The normalized spacial score (nSPS) is 20.3. The number of hydrazone groups is 2. The third kappa shape index (κ3) is 2.73. The van der Waals surface area contributed by atoms with Crippen molar-refractivity contribution in [2.75, 3.05) is 0 Å². The summed E-state index contributed by atoms with van der Waals surface area (Å²) in [5.74, 6) is 0. The minimum atomic E-state index is -0.744. The number of nitrogens with zero attached hydrogens (tertiary/aromatic N) is 2. The molecule has 0 aromatic heterocycles. The van der Waals surface area contributed by atoms with Gasteiger partial charge in [0.25, 0.3) is 0 Å². The molecule has 6 N–H and O–H groups in total. The van der Waals surface area contributed by atoms with Gasteiger partial charge in [0.2, 0.25) is 0 Å². The number of hydrogen-bond donors (Lipinski definition) is 4. The summed E-state index contributed by atoms with van der Waals surface area (Å²) < 4.78 is 0. The first-order valence-corrected chi connectivity index (χ1v) is 3.84. The Morgan fingerprint density at radius 2 is 1.36 bits per heavy atom. The van der Waals surface area contributed by atoms with Crippen LogP contribution in [-0.2, 0) is 0 Å². The van der Waals surface area contributed by atoms with Gasteiger partial charge in [-0.15, -0.1) is 0 Å². The van der Waals surface area contributed by atoms with Crippen molar-refractivity contribution >= 4 is 23.5 Å². The minimum absolute atomic E-state index is 0.581. The van der Waals surface area contributed by atoms with E-state index >= 15 is 0 Å². The van der Waals surface area contributed by atoms with E-state index in [0.29, 0.717) is 24.3 Å². The smallest absolute Gasteiger partial charge is 0.332 e. The summed E-state index contributed by atoms with van der Waals surface area (Å²) in [5.41, 5.74) is 14.9. The van der Waals surface area contributed by atoms with E-state index in [4.69, 9.17) is 11.5 Å². The average molecular weight is 198 g/mol. The Balaban J connectivity index is 2.49. The van der Waals surface area contributed by atoms with Gasteiger partial charge < -0.3 is 11.5 Å². The molecule has 0 aromatic carbocycles. The molecular formula is C6H10N6O2. The van der Waals surface area contributed by atoms with E-state index in [1.165, 1.54) is 0 Å².